The Morgan fingerprint density at radius 1 is 0.708 bits per heavy atom. The molecule has 24 heavy (non-hydrogen) atoms. The highest BCUT2D eigenvalue weighted by Crippen LogP contribution is 2.11. The molecule has 0 unspecified atom stereocenters. The highest BCUT2D eigenvalue weighted by molar-refractivity contribution is 7.86. The van der Waals surface area contributed by atoms with Crippen LogP contribution < -0.4 is 0 Å². The van der Waals surface area contributed by atoms with Gasteiger partial charge in [0.25, 0.3) is 20.2 Å². The Kier molecular flexibility index (Phi) is 12.9. The fraction of sp³-hybridized carbons (Fsp3) is 1.00. The lowest BCUT2D eigenvalue weighted by Crippen LogP contribution is -2.31. The third kappa shape index (κ3) is 18.1. The zero-order valence-electron chi connectivity index (χ0n) is 14.5. The monoisotopic (exact) mass is 388 g/mol. The average molecular weight is 389 g/mol. The van der Waals surface area contributed by atoms with Crippen LogP contribution in [-0.2, 0) is 25.0 Å². The molecule has 7 nitrogen and oxygen atoms in total. The van der Waals surface area contributed by atoms with Gasteiger partial charge in [0.05, 0.1) is 6.10 Å². The van der Waals surface area contributed by atoms with Crippen LogP contribution in [0.25, 0.3) is 0 Å². The average Bonchev–Trinajstić information content (AvgIpc) is 2.41. The van der Waals surface area contributed by atoms with Crippen LogP contribution in [0.2, 0.25) is 0 Å². The first-order valence-electron chi connectivity index (χ1n) is 8.66. The van der Waals surface area contributed by atoms with Gasteiger partial charge in [0.15, 0.2) is 0 Å². The van der Waals surface area contributed by atoms with Gasteiger partial charge in [-0.05, 0) is 6.42 Å². The molecule has 2 N–H and O–H groups in total. The third-order valence-corrected chi connectivity index (χ3v) is 5.23. The Labute approximate surface area is 146 Å². The van der Waals surface area contributed by atoms with Crippen molar-refractivity contribution in [1.82, 2.24) is 0 Å². The van der Waals surface area contributed by atoms with E-state index in [1.807, 2.05) is 0 Å². The molecule has 9 heteroatoms. The van der Waals surface area contributed by atoms with E-state index in [-0.39, 0.29) is 6.61 Å². The minimum atomic E-state index is -4.36. The molecule has 0 spiro atoms. The fourth-order valence-electron chi connectivity index (χ4n) is 2.45. The van der Waals surface area contributed by atoms with Gasteiger partial charge in [-0.15, -0.1) is 0 Å². The Morgan fingerprint density at radius 2 is 1.08 bits per heavy atom. The maximum absolute atomic E-state index is 10.8. The van der Waals surface area contributed by atoms with Crippen LogP contribution in [0.4, 0.5) is 0 Å². The first-order chi connectivity index (χ1) is 11.1. The van der Waals surface area contributed by atoms with Crippen molar-refractivity contribution >= 4 is 20.2 Å². The van der Waals surface area contributed by atoms with Crippen molar-refractivity contribution in [3.8, 4) is 0 Å². The lowest BCUT2D eigenvalue weighted by Gasteiger charge is -2.15. The molecule has 0 aromatic rings. The van der Waals surface area contributed by atoms with Crippen LogP contribution in [0.5, 0.6) is 0 Å². The zero-order chi connectivity index (χ0) is 18.5. The number of hydrogen-bond acceptors (Lipinski definition) is 5. The van der Waals surface area contributed by atoms with Gasteiger partial charge in [-0.2, -0.15) is 16.8 Å². The summed E-state index contributed by atoms with van der Waals surface area (Å²) in [5, 5.41) is 0. The molecule has 0 amide bonds. The molecule has 0 saturated heterocycles. The molecule has 0 radical (unpaired) electrons. The van der Waals surface area contributed by atoms with Crippen LogP contribution in [-0.4, -0.2) is 50.2 Å². The van der Waals surface area contributed by atoms with E-state index in [0.717, 1.165) is 19.3 Å². The van der Waals surface area contributed by atoms with Gasteiger partial charge in [-0.3, -0.25) is 9.11 Å². The molecule has 0 atom stereocenters. The Balaban J connectivity index is 3.77. The quantitative estimate of drug-likeness (QED) is 0.308. The standard InChI is InChI=1S/C15H32O7S2/c1-2-3-4-5-6-7-8-9-10-11-12-22-15(13-23(16,17)18)14-24(19,20)21/h15H,2-14H2,1H3,(H,16,17,18)(H,19,20,21). The van der Waals surface area contributed by atoms with Crippen LogP contribution in [0, 0.1) is 0 Å². The summed E-state index contributed by atoms with van der Waals surface area (Å²) in [6.07, 6.45) is 10.1. The van der Waals surface area contributed by atoms with E-state index in [4.69, 9.17) is 13.8 Å². The van der Waals surface area contributed by atoms with Gasteiger partial charge in [0, 0.05) is 6.61 Å². The van der Waals surface area contributed by atoms with E-state index >= 15 is 0 Å². The normalized spacial score (nSPS) is 12.8. The predicted octanol–water partition coefficient (Wildman–Crippen LogP) is 3.07. The van der Waals surface area contributed by atoms with E-state index in [1.54, 1.807) is 0 Å². The minimum Gasteiger partial charge on any atom is -0.376 e. The van der Waals surface area contributed by atoms with Gasteiger partial charge in [0.2, 0.25) is 0 Å². The van der Waals surface area contributed by atoms with E-state index in [0.29, 0.717) is 6.42 Å². The SMILES string of the molecule is CCCCCCCCCCCCOC(CS(=O)(=O)O)CS(=O)(=O)O. The molecule has 0 fully saturated rings. The van der Waals surface area contributed by atoms with Gasteiger partial charge in [-0.25, -0.2) is 0 Å². The van der Waals surface area contributed by atoms with Crippen molar-refractivity contribution in [2.75, 3.05) is 18.1 Å². The molecular weight excluding hydrogens is 356 g/mol. The van der Waals surface area contributed by atoms with Crippen molar-refractivity contribution in [3.05, 3.63) is 0 Å². The van der Waals surface area contributed by atoms with E-state index in [9.17, 15) is 16.8 Å². The zero-order valence-corrected chi connectivity index (χ0v) is 16.2. The van der Waals surface area contributed by atoms with Crippen molar-refractivity contribution in [2.45, 2.75) is 77.2 Å². The predicted molar refractivity (Wildman–Crippen MR) is 94.4 cm³/mol. The molecule has 0 aromatic heterocycles. The summed E-state index contributed by atoms with van der Waals surface area (Å²) in [7, 11) is -8.72. The summed E-state index contributed by atoms with van der Waals surface area (Å²) in [5.74, 6) is -1.69. The molecule has 146 valence electrons. The first-order valence-corrected chi connectivity index (χ1v) is 11.9. The molecule has 0 aliphatic rings. The molecule has 0 bridgehead atoms. The summed E-state index contributed by atoms with van der Waals surface area (Å²) < 4.78 is 66.1. The van der Waals surface area contributed by atoms with Gasteiger partial charge < -0.3 is 4.74 Å². The van der Waals surface area contributed by atoms with Crippen molar-refractivity contribution in [3.63, 3.8) is 0 Å². The molecule has 0 aromatic carbocycles. The second-order valence-electron chi connectivity index (χ2n) is 6.17. The number of ether oxygens (including phenoxy) is 1. The third-order valence-electron chi connectivity index (χ3n) is 3.64. The molecule has 0 rings (SSSR count). The summed E-state index contributed by atoms with van der Waals surface area (Å²) in [6.45, 7) is 2.39. The van der Waals surface area contributed by atoms with Crippen LogP contribution >= 0.6 is 0 Å². The number of hydrogen-bond donors (Lipinski definition) is 2. The van der Waals surface area contributed by atoms with Crippen LogP contribution in [0.1, 0.15) is 71.1 Å². The molecule has 0 saturated carbocycles. The van der Waals surface area contributed by atoms with Gasteiger partial charge >= 0.3 is 0 Å². The van der Waals surface area contributed by atoms with E-state index in [1.165, 1.54) is 38.5 Å². The van der Waals surface area contributed by atoms with Crippen molar-refractivity contribution in [2.24, 2.45) is 0 Å². The summed E-state index contributed by atoms with van der Waals surface area (Å²) in [5.41, 5.74) is 0. The van der Waals surface area contributed by atoms with Crippen molar-refractivity contribution in [1.29, 1.82) is 0 Å². The summed E-state index contributed by atoms with van der Waals surface area (Å²) >= 11 is 0. The largest absolute Gasteiger partial charge is 0.376 e. The summed E-state index contributed by atoms with van der Waals surface area (Å²) in [6, 6.07) is 0. The number of rotatable bonds is 16. The van der Waals surface area contributed by atoms with E-state index in [2.05, 4.69) is 6.92 Å². The maximum Gasteiger partial charge on any atom is 0.267 e. The highest BCUT2D eigenvalue weighted by Gasteiger charge is 2.23. The van der Waals surface area contributed by atoms with Gasteiger partial charge in [-0.1, -0.05) is 64.7 Å². The maximum atomic E-state index is 10.8. The molecular formula is C15H32O7S2. The minimum absolute atomic E-state index is 0.201. The molecule has 0 heterocycles. The topological polar surface area (TPSA) is 118 Å². The van der Waals surface area contributed by atoms with Gasteiger partial charge in [0.1, 0.15) is 11.5 Å². The Hall–Kier alpha value is -0.220. The summed E-state index contributed by atoms with van der Waals surface area (Å²) in [4.78, 5) is 0. The second kappa shape index (κ2) is 13.0. The van der Waals surface area contributed by atoms with Crippen LogP contribution in [0.15, 0.2) is 0 Å². The highest BCUT2D eigenvalue weighted by atomic mass is 32.2. The number of unbranched alkanes of at least 4 members (excludes halogenated alkanes) is 9. The van der Waals surface area contributed by atoms with Crippen LogP contribution in [0.3, 0.4) is 0 Å². The smallest absolute Gasteiger partial charge is 0.267 e. The Bertz CT molecular complexity index is 466. The van der Waals surface area contributed by atoms with Crippen molar-refractivity contribution < 1.29 is 30.7 Å². The lowest BCUT2D eigenvalue weighted by atomic mass is 10.1. The molecule has 0 aliphatic carbocycles. The second-order valence-corrected chi connectivity index (χ2v) is 9.17. The first kappa shape index (κ1) is 23.8. The molecule has 0 aliphatic heterocycles. The Morgan fingerprint density at radius 3 is 1.46 bits per heavy atom. The fourth-order valence-corrected chi connectivity index (χ4v) is 3.97. The lowest BCUT2D eigenvalue weighted by molar-refractivity contribution is 0.0775. The van der Waals surface area contributed by atoms with E-state index < -0.39 is 37.8 Å².